The van der Waals surface area contributed by atoms with Gasteiger partial charge in [-0.1, -0.05) is 63.3 Å². The van der Waals surface area contributed by atoms with Crippen molar-refractivity contribution in [3.05, 3.63) is 24.3 Å². The van der Waals surface area contributed by atoms with E-state index in [-0.39, 0.29) is 0 Å². The zero-order valence-corrected chi connectivity index (χ0v) is 10.8. The molecule has 1 rings (SSSR count). The van der Waals surface area contributed by atoms with Gasteiger partial charge in [-0.2, -0.15) is 0 Å². The normalized spacial score (nSPS) is 24.6. The third kappa shape index (κ3) is 6.84. The minimum atomic E-state index is 0.388. The smallest absolute Gasteiger partial charge is 0.102 e. The molecule has 0 aliphatic carbocycles. The average Bonchev–Trinajstić information content (AvgIpc) is 2.97. The first kappa shape index (κ1) is 13.5. The maximum atomic E-state index is 5.28. The predicted molar refractivity (Wildman–Crippen MR) is 70.6 cm³/mol. The van der Waals surface area contributed by atoms with Crippen LogP contribution in [0.3, 0.4) is 0 Å². The largest absolute Gasteiger partial charge is 0.365 e. The fraction of sp³-hybridized carbons (Fsp3) is 0.733. The third-order valence-electron chi connectivity index (χ3n) is 3.03. The van der Waals surface area contributed by atoms with Crippen LogP contribution in [0.5, 0.6) is 0 Å². The van der Waals surface area contributed by atoms with Crippen LogP contribution in [0, 0.1) is 0 Å². The molecule has 0 aromatic heterocycles. The van der Waals surface area contributed by atoms with Crippen LogP contribution >= 0.6 is 0 Å². The van der Waals surface area contributed by atoms with Crippen molar-refractivity contribution in [2.45, 2.75) is 71.0 Å². The molecule has 2 atom stereocenters. The molecular formula is C15H26O. The van der Waals surface area contributed by atoms with Crippen LogP contribution in [0.2, 0.25) is 0 Å². The number of epoxide rings is 1. The van der Waals surface area contributed by atoms with Crippen molar-refractivity contribution in [3.63, 3.8) is 0 Å². The summed E-state index contributed by atoms with van der Waals surface area (Å²) in [6.07, 6.45) is 19.0. The molecule has 0 saturated carbocycles. The Hall–Kier alpha value is -0.560. The predicted octanol–water partition coefficient (Wildman–Crippen LogP) is 4.64. The molecule has 92 valence electrons. The van der Waals surface area contributed by atoms with Gasteiger partial charge in [0.2, 0.25) is 0 Å². The summed E-state index contributed by atoms with van der Waals surface area (Å²) in [6, 6.07) is 0. The number of ether oxygens (including phenoxy) is 1. The SMILES string of the molecule is CCCCCCCC/C=C\C=C\[C@@H]1O[C@H]1C. The highest BCUT2D eigenvalue weighted by Crippen LogP contribution is 2.21. The fourth-order valence-electron chi connectivity index (χ4n) is 1.80. The average molecular weight is 222 g/mol. The summed E-state index contributed by atoms with van der Waals surface area (Å²) in [5, 5.41) is 0. The molecular weight excluding hydrogens is 196 g/mol. The molecule has 1 nitrogen and oxygen atoms in total. The second-order valence-corrected chi connectivity index (χ2v) is 4.68. The van der Waals surface area contributed by atoms with Crippen LogP contribution in [0.15, 0.2) is 24.3 Å². The van der Waals surface area contributed by atoms with Gasteiger partial charge in [-0.25, -0.2) is 0 Å². The van der Waals surface area contributed by atoms with E-state index in [9.17, 15) is 0 Å². The summed E-state index contributed by atoms with van der Waals surface area (Å²) < 4.78 is 5.28. The Morgan fingerprint density at radius 2 is 1.69 bits per heavy atom. The van der Waals surface area contributed by atoms with Crippen molar-refractivity contribution >= 4 is 0 Å². The molecule has 1 heteroatoms. The lowest BCUT2D eigenvalue weighted by Crippen LogP contribution is -1.79. The van der Waals surface area contributed by atoms with Gasteiger partial charge in [0.15, 0.2) is 0 Å². The van der Waals surface area contributed by atoms with Crippen LogP contribution < -0.4 is 0 Å². The zero-order chi connectivity index (χ0) is 11.6. The van der Waals surface area contributed by atoms with E-state index in [1.807, 2.05) is 0 Å². The van der Waals surface area contributed by atoms with E-state index in [0.717, 1.165) is 0 Å². The minimum absolute atomic E-state index is 0.388. The maximum absolute atomic E-state index is 5.28. The Balaban J connectivity index is 1.83. The van der Waals surface area contributed by atoms with Crippen molar-refractivity contribution in [1.82, 2.24) is 0 Å². The lowest BCUT2D eigenvalue weighted by atomic mass is 10.1. The highest BCUT2D eigenvalue weighted by atomic mass is 16.6. The standard InChI is InChI=1S/C15H26O/c1-3-4-5-6-7-8-9-10-11-12-13-15-14(2)16-15/h10-15H,3-9H2,1-2H3/b11-10-,13-12+/t14-,15-/m0/s1. The van der Waals surface area contributed by atoms with E-state index in [4.69, 9.17) is 4.74 Å². The van der Waals surface area contributed by atoms with E-state index < -0.39 is 0 Å². The molecule has 1 saturated heterocycles. The number of hydrogen-bond donors (Lipinski definition) is 0. The highest BCUT2D eigenvalue weighted by Gasteiger charge is 2.30. The molecule has 0 amide bonds. The summed E-state index contributed by atoms with van der Waals surface area (Å²) in [7, 11) is 0. The molecule has 16 heavy (non-hydrogen) atoms. The summed E-state index contributed by atoms with van der Waals surface area (Å²) in [4.78, 5) is 0. The van der Waals surface area contributed by atoms with Gasteiger partial charge in [0, 0.05) is 0 Å². The topological polar surface area (TPSA) is 12.5 Å². The summed E-state index contributed by atoms with van der Waals surface area (Å²) >= 11 is 0. The molecule has 1 aliphatic rings. The number of hydrogen-bond acceptors (Lipinski definition) is 1. The van der Waals surface area contributed by atoms with Crippen LogP contribution in [-0.4, -0.2) is 12.2 Å². The highest BCUT2D eigenvalue weighted by molar-refractivity contribution is 5.09. The first-order chi connectivity index (χ1) is 7.84. The summed E-state index contributed by atoms with van der Waals surface area (Å²) in [6.45, 7) is 4.37. The van der Waals surface area contributed by atoms with Crippen LogP contribution in [0.4, 0.5) is 0 Å². The number of rotatable bonds is 9. The minimum Gasteiger partial charge on any atom is -0.365 e. The Morgan fingerprint density at radius 1 is 1.00 bits per heavy atom. The lowest BCUT2D eigenvalue weighted by molar-refractivity contribution is 0.400. The Morgan fingerprint density at radius 3 is 2.38 bits per heavy atom. The summed E-state index contributed by atoms with van der Waals surface area (Å²) in [5.41, 5.74) is 0. The van der Waals surface area contributed by atoms with Crippen LogP contribution in [0.1, 0.15) is 58.8 Å². The molecule has 0 aromatic carbocycles. The molecule has 1 fully saturated rings. The van der Waals surface area contributed by atoms with Crippen molar-refractivity contribution in [3.8, 4) is 0 Å². The van der Waals surface area contributed by atoms with Crippen molar-refractivity contribution in [1.29, 1.82) is 0 Å². The van der Waals surface area contributed by atoms with Gasteiger partial charge in [-0.05, 0) is 19.8 Å². The van der Waals surface area contributed by atoms with E-state index in [2.05, 4.69) is 38.2 Å². The molecule has 1 aliphatic heterocycles. The van der Waals surface area contributed by atoms with Crippen molar-refractivity contribution in [2.24, 2.45) is 0 Å². The van der Waals surface area contributed by atoms with Gasteiger partial charge >= 0.3 is 0 Å². The molecule has 0 spiro atoms. The quantitative estimate of drug-likeness (QED) is 0.314. The van der Waals surface area contributed by atoms with Gasteiger partial charge in [0.25, 0.3) is 0 Å². The second kappa shape index (κ2) is 8.58. The van der Waals surface area contributed by atoms with E-state index in [0.29, 0.717) is 12.2 Å². The molecule has 0 radical (unpaired) electrons. The molecule has 0 N–H and O–H groups in total. The van der Waals surface area contributed by atoms with Crippen LogP contribution in [-0.2, 0) is 4.74 Å². The van der Waals surface area contributed by atoms with Gasteiger partial charge in [0.1, 0.15) is 6.10 Å². The van der Waals surface area contributed by atoms with Crippen molar-refractivity contribution < 1.29 is 4.74 Å². The van der Waals surface area contributed by atoms with E-state index in [1.165, 1.54) is 44.9 Å². The fourth-order valence-corrected chi connectivity index (χ4v) is 1.80. The summed E-state index contributed by atoms with van der Waals surface area (Å²) in [5.74, 6) is 0. The van der Waals surface area contributed by atoms with Crippen molar-refractivity contribution in [2.75, 3.05) is 0 Å². The van der Waals surface area contributed by atoms with Gasteiger partial charge in [0.05, 0.1) is 6.10 Å². The maximum Gasteiger partial charge on any atom is 0.102 e. The zero-order valence-electron chi connectivity index (χ0n) is 10.8. The monoisotopic (exact) mass is 222 g/mol. The molecule has 0 aromatic rings. The first-order valence-corrected chi connectivity index (χ1v) is 6.83. The Labute approximate surface area is 101 Å². The van der Waals surface area contributed by atoms with Gasteiger partial charge < -0.3 is 4.74 Å². The third-order valence-corrected chi connectivity index (χ3v) is 3.03. The first-order valence-electron chi connectivity index (χ1n) is 6.83. The second-order valence-electron chi connectivity index (χ2n) is 4.68. The molecule has 0 unspecified atom stereocenters. The lowest BCUT2D eigenvalue weighted by Gasteiger charge is -1.97. The Kier molecular flexibility index (Phi) is 7.24. The van der Waals surface area contributed by atoms with Gasteiger partial charge in [-0.15, -0.1) is 0 Å². The molecule has 0 bridgehead atoms. The molecule has 1 heterocycles. The van der Waals surface area contributed by atoms with Gasteiger partial charge in [-0.3, -0.25) is 0 Å². The van der Waals surface area contributed by atoms with E-state index in [1.54, 1.807) is 0 Å². The number of allylic oxidation sites excluding steroid dienone is 3. The Bertz CT molecular complexity index is 217. The number of unbranched alkanes of at least 4 members (excludes halogenated alkanes) is 6. The van der Waals surface area contributed by atoms with Crippen LogP contribution in [0.25, 0.3) is 0 Å². The van der Waals surface area contributed by atoms with E-state index >= 15 is 0 Å².